The number of hydrogen-bond acceptors (Lipinski definition) is 2. The molecule has 0 aromatic rings. The fraction of sp³-hybridized carbons (Fsp3) is 0.917. The monoisotopic (exact) mass is 279 g/mol. The summed E-state index contributed by atoms with van der Waals surface area (Å²) in [6, 6.07) is -0.583. The maximum absolute atomic E-state index is 12.2. The third-order valence-electron chi connectivity index (χ3n) is 4.01. The molecule has 0 bridgehead atoms. The lowest BCUT2D eigenvalue weighted by Gasteiger charge is -2.49. The summed E-state index contributed by atoms with van der Waals surface area (Å²) in [6.45, 7) is 0.545. The molecule has 0 radical (unpaired) electrons. The molecule has 1 saturated heterocycles. The van der Waals surface area contributed by atoms with Crippen LogP contribution in [0, 0.1) is 0 Å². The predicted molar refractivity (Wildman–Crippen MR) is 64.8 cm³/mol. The van der Waals surface area contributed by atoms with Crippen molar-refractivity contribution in [3.8, 4) is 0 Å². The average Bonchev–Trinajstić information content (AvgIpc) is 2.37. The van der Waals surface area contributed by atoms with Crippen molar-refractivity contribution in [1.29, 1.82) is 0 Å². The van der Waals surface area contributed by atoms with Crippen molar-refractivity contribution in [2.75, 3.05) is 26.2 Å². The van der Waals surface area contributed by atoms with Crippen molar-refractivity contribution in [2.45, 2.75) is 43.8 Å². The molecule has 0 atom stereocenters. The Bertz CT molecular complexity index is 318. The summed E-state index contributed by atoms with van der Waals surface area (Å²) in [5.74, 6) is 0. The summed E-state index contributed by atoms with van der Waals surface area (Å²) in [6.07, 6.45) is 0.595. The highest BCUT2D eigenvalue weighted by Crippen LogP contribution is 2.34. The molecule has 1 aliphatic heterocycles. The Morgan fingerprint density at radius 1 is 1.26 bits per heavy atom. The first-order chi connectivity index (χ1) is 8.93. The molecule has 1 aliphatic carbocycles. The van der Waals surface area contributed by atoms with Crippen LogP contribution in [-0.4, -0.2) is 48.8 Å². The van der Waals surface area contributed by atoms with Crippen molar-refractivity contribution in [2.24, 2.45) is 0 Å². The van der Waals surface area contributed by atoms with E-state index >= 15 is 0 Å². The number of nitrogens with zero attached hydrogens (tertiary/aromatic N) is 1. The van der Waals surface area contributed by atoms with Gasteiger partial charge < -0.3 is 15.5 Å². The van der Waals surface area contributed by atoms with E-state index < -0.39 is 18.8 Å². The summed E-state index contributed by atoms with van der Waals surface area (Å²) in [5.41, 5.74) is -0.286. The smallest absolute Gasteiger partial charge is 0.329 e. The van der Waals surface area contributed by atoms with Gasteiger partial charge in [-0.2, -0.15) is 13.2 Å². The molecule has 110 valence electrons. The van der Waals surface area contributed by atoms with E-state index in [1.165, 1.54) is 0 Å². The van der Waals surface area contributed by atoms with Crippen LogP contribution in [0.1, 0.15) is 32.1 Å². The number of piperazine rings is 1. The van der Waals surface area contributed by atoms with Crippen molar-refractivity contribution < 1.29 is 18.0 Å². The van der Waals surface area contributed by atoms with Gasteiger partial charge in [0.15, 0.2) is 0 Å². The van der Waals surface area contributed by atoms with Crippen LogP contribution < -0.4 is 10.6 Å². The van der Waals surface area contributed by atoms with E-state index in [2.05, 4.69) is 5.32 Å². The minimum Gasteiger partial charge on any atom is -0.329 e. The molecule has 0 aromatic heterocycles. The van der Waals surface area contributed by atoms with Gasteiger partial charge in [0.2, 0.25) is 0 Å². The zero-order valence-electron chi connectivity index (χ0n) is 10.9. The topological polar surface area (TPSA) is 44.4 Å². The Hall–Kier alpha value is -0.980. The summed E-state index contributed by atoms with van der Waals surface area (Å²) in [4.78, 5) is 13.6. The van der Waals surface area contributed by atoms with Crippen LogP contribution in [0.4, 0.5) is 18.0 Å². The zero-order valence-corrected chi connectivity index (χ0v) is 10.9. The molecule has 7 heteroatoms. The molecule has 0 unspecified atom stereocenters. The van der Waals surface area contributed by atoms with Crippen LogP contribution >= 0.6 is 0 Å². The third kappa shape index (κ3) is 3.52. The molecule has 2 amide bonds. The maximum Gasteiger partial charge on any atom is 0.405 e. The number of halogens is 3. The van der Waals surface area contributed by atoms with Crippen LogP contribution in [0.3, 0.4) is 0 Å². The van der Waals surface area contributed by atoms with E-state index in [-0.39, 0.29) is 5.54 Å². The lowest BCUT2D eigenvalue weighted by molar-refractivity contribution is -0.123. The zero-order chi connectivity index (χ0) is 13.9. The molecule has 2 fully saturated rings. The first kappa shape index (κ1) is 14.4. The lowest BCUT2D eigenvalue weighted by Crippen LogP contribution is -2.65. The van der Waals surface area contributed by atoms with Gasteiger partial charge in [0.1, 0.15) is 6.54 Å². The first-order valence-corrected chi connectivity index (χ1v) is 6.76. The Morgan fingerprint density at radius 3 is 2.58 bits per heavy atom. The molecule has 0 aromatic carbocycles. The highest BCUT2D eigenvalue weighted by molar-refractivity contribution is 5.75. The van der Waals surface area contributed by atoms with E-state index in [1.54, 1.807) is 4.90 Å². The molecule has 4 nitrogen and oxygen atoms in total. The van der Waals surface area contributed by atoms with Gasteiger partial charge >= 0.3 is 12.2 Å². The Labute approximate surface area is 110 Å². The standard InChI is InChI=1S/C12H20F3N3O/c13-12(14,15)9-17-10(19)18-7-6-16-8-11(18)4-2-1-3-5-11/h16H,1-9H2,(H,17,19). The van der Waals surface area contributed by atoms with Gasteiger partial charge in [0.05, 0.1) is 5.54 Å². The van der Waals surface area contributed by atoms with Crippen molar-refractivity contribution in [3.05, 3.63) is 0 Å². The fourth-order valence-electron chi connectivity index (χ4n) is 3.09. The Morgan fingerprint density at radius 2 is 1.95 bits per heavy atom. The number of alkyl halides is 3. The van der Waals surface area contributed by atoms with Gasteiger partial charge in [0.25, 0.3) is 0 Å². The molecule has 2 rings (SSSR count). The van der Waals surface area contributed by atoms with E-state index in [4.69, 9.17) is 0 Å². The minimum absolute atomic E-state index is 0.286. The molecule has 1 spiro atoms. The molecular formula is C12H20F3N3O. The minimum atomic E-state index is -4.36. The van der Waals surface area contributed by atoms with Crippen molar-refractivity contribution in [1.82, 2.24) is 15.5 Å². The number of carbonyl (C=O) groups is 1. The second-order valence-corrected chi connectivity index (χ2v) is 5.39. The molecule has 2 N–H and O–H groups in total. The van der Waals surface area contributed by atoms with Crippen LogP contribution in [0.15, 0.2) is 0 Å². The summed E-state index contributed by atoms with van der Waals surface area (Å²) in [5, 5.41) is 5.26. The second kappa shape index (κ2) is 5.56. The van der Waals surface area contributed by atoms with Crippen molar-refractivity contribution in [3.63, 3.8) is 0 Å². The van der Waals surface area contributed by atoms with E-state index in [0.717, 1.165) is 32.1 Å². The number of rotatable bonds is 1. The molecule has 1 saturated carbocycles. The predicted octanol–water partition coefficient (Wildman–Crippen LogP) is 1.87. The number of hydrogen-bond donors (Lipinski definition) is 2. The molecule has 2 aliphatic rings. The Balaban J connectivity index is 2.00. The number of amides is 2. The van der Waals surface area contributed by atoms with Crippen LogP contribution in [0.25, 0.3) is 0 Å². The first-order valence-electron chi connectivity index (χ1n) is 6.76. The van der Waals surface area contributed by atoms with Crippen molar-refractivity contribution >= 4 is 6.03 Å². The van der Waals surface area contributed by atoms with Gasteiger partial charge in [0, 0.05) is 19.6 Å². The summed E-state index contributed by atoms with van der Waals surface area (Å²) in [7, 11) is 0. The number of carbonyl (C=O) groups excluding carboxylic acids is 1. The number of nitrogens with one attached hydrogen (secondary N) is 2. The van der Waals surface area contributed by atoms with E-state index in [1.807, 2.05) is 5.32 Å². The fourth-order valence-corrected chi connectivity index (χ4v) is 3.09. The van der Waals surface area contributed by atoms with Gasteiger partial charge in [-0.15, -0.1) is 0 Å². The second-order valence-electron chi connectivity index (χ2n) is 5.39. The van der Waals surface area contributed by atoms with Crippen LogP contribution in [0.5, 0.6) is 0 Å². The van der Waals surface area contributed by atoms with Gasteiger partial charge in [-0.1, -0.05) is 19.3 Å². The average molecular weight is 279 g/mol. The summed E-state index contributed by atoms with van der Waals surface area (Å²) < 4.78 is 36.5. The van der Waals surface area contributed by atoms with E-state index in [9.17, 15) is 18.0 Å². The molecule has 1 heterocycles. The number of urea groups is 1. The lowest BCUT2D eigenvalue weighted by atomic mass is 9.79. The third-order valence-corrected chi connectivity index (χ3v) is 4.01. The van der Waals surface area contributed by atoms with E-state index in [0.29, 0.717) is 19.6 Å². The highest BCUT2D eigenvalue weighted by Gasteiger charge is 2.42. The molecule has 19 heavy (non-hydrogen) atoms. The van der Waals surface area contributed by atoms with Gasteiger partial charge in [-0.25, -0.2) is 4.79 Å². The largest absolute Gasteiger partial charge is 0.405 e. The van der Waals surface area contributed by atoms with Crippen LogP contribution in [-0.2, 0) is 0 Å². The highest BCUT2D eigenvalue weighted by atomic mass is 19.4. The SMILES string of the molecule is O=C(NCC(F)(F)F)N1CCNCC12CCCCC2. The van der Waals surface area contributed by atoms with Gasteiger partial charge in [-0.05, 0) is 12.8 Å². The van der Waals surface area contributed by atoms with Gasteiger partial charge in [-0.3, -0.25) is 0 Å². The normalized spacial score (nSPS) is 23.4. The maximum atomic E-state index is 12.2. The summed E-state index contributed by atoms with van der Waals surface area (Å²) >= 11 is 0. The Kier molecular flexibility index (Phi) is 4.23. The van der Waals surface area contributed by atoms with Crippen LogP contribution in [0.2, 0.25) is 0 Å². The molecular weight excluding hydrogens is 259 g/mol. The quantitative estimate of drug-likeness (QED) is 0.769.